The first-order valence-electron chi connectivity index (χ1n) is 3.28. The van der Waals surface area contributed by atoms with Crippen molar-refractivity contribution in [3.63, 3.8) is 0 Å². The van der Waals surface area contributed by atoms with Crippen molar-refractivity contribution in [3.05, 3.63) is 0 Å². The van der Waals surface area contributed by atoms with Crippen molar-refractivity contribution in [2.75, 3.05) is 19.6 Å². The van der Waals surface area contributed by atoms with Crippen molar-refractivity contribution in [3.8, 4) is 0 Å². The summed E-state index contributed by atoms with van der Waals surface area (Å²) in [6, 6.07) is 0. The van der Waals surface area contributed by atoms with Gasteiger partial charge in [0.1, 0.15) is 5.78 Å². The SMILES string of the molecule is O=C1CNC2(CNC2)C1. The molecule has 9 heavy (non-hydrogen) atoms. The zero-order valence-electron chi connectivity index (χ0n) is 5.24. The third kappa shape index (κ3) is 0.686. The Bertz CT molecular complexity index is 151. The number of hydrogen-bond acceptors (Lipinski definition) is 3. The quantitative estimate of drug-likeness (QED) is 0.432. The van der Waals surface area contributed by atoms with Gasteiger partial charge in [-0.3, -0.25) is 4.79 Å². The van der Waals surface area contributed by atoms with Crippen LogP contribution in [0.4, 0.5) is 0 Å². The van der Waals surface area contributed by atoms with Gasteiger partial charge in [-0.1, -0.05) is 0 Å². The predicted octanol–water partition coefficient (Wildman–Crippen LogP) is -1.11. The first kappa shape index (κ1) is 5.38. The molecule has 0 unspecified atom stereocenters. The molecule has 0 bridgehead atoms. The van der Waals surface area contributed by atoms with Crippen LogP contribution in [-0.4, -0.2) is 31.0 Å². The largest absolute Gasteiger partial charge is 0.313 e. The van der Waals surface area contributed by atoms with Crippen LogP contribution in [0.5, 0.6) is 0 Å². The Morgan fingerprint density at radius 1 is 1.44 bits per heavy atom. The summed E-state index contributed by atoms with van der Waals surface area (Å²) in [4.78, 5) is 10.8. The molecule has 0 aromatic heterocycles. The minimum absolute atomic E-state index is 0.178. The molecule has 2 aliphatic heterocycles. The summed E-state index contributed by atoms with van der Waals surface area (Å²) in [5.41, 5.74) is 0.178. The van der Waals surface area contributed by atoms with E-state index in [1.54, 1.807) is 0 Å². The topological polar surface area (TPSA) is 41.1 Å². The first-order valence-corrected chi connectivity index (χ1v) is 3.28. The van der Waals surface area contributed by atoms with Gasteiger partial charge in [0.15, 0.2) is 0 Å². The minimum Gasteiger partial charge on any atom is -0.313 e. The van der Waals surface area contributed by atoms with Gasteiger partial charge in [-0.15, -0.1) is 0 Å². The molecule has 50 valence electrons. The Morgan fingerprint density at radius 2 is 2.22 bits per heavy atom. The minimum atomic E-state index is 0.178. The van der Waals surface area contributed by atoms with Crippen LogP contribution in [0.25, 0.3) is 0 Å². The highest BCUT2D eigenvalue weighted by molar-refractivity contribution is 5.84. The molecule has 0 radical (unpaired) electrons. The zero-order valence-corrected chi connectivity index (χ0v) is 5.24. The van der Waals surface area contributed by atoms with E-state index in [0.717, 1.165) is 19.5 Å². The molecule has 2 saturated heterocycles. The highest BCUT2D eigenvalue weighted by Gasteiger charge is 2.42. The van der Waals surface area contributed by atoms with Gasteiger partial charge in [-0.05, 0) is 0 Å². The van der Waals surface area contributed by atoms with Gasteiger partial charge in [-0.2, -0.15) is 0 Å². The second-order valence-electron chi connectivity index (χ2n) is 2.95. The normalized spacial score (nSPS) is 30.9. The molecule has 0 amide bonds. The molecule has 0 aliphatic carbocycles. The molecule has 0 saturated carbocycles. The molecule has 2 aliphatic rings. The first-order chi connectivity index (χ1) is 4.31. The molecule has 1 spiro atoms. The van der Waals surface area contributed by atoms with E-state index in [9.17, 15) is 4.79 Å². The summed E-state index contributed by atoms with van der Waals surface area (Å²) < 4.78 is 0. The molecular formula is C6H10N2O. The van der Waals surface area contributed by atoms with E-state index < -0.39 is 0 Å². The maximum atomic E-state index is 10.8. The van der Waals surface area contributed by atoms with E-state index in [-0.39, 0.29) is 5.54 Å². The molecule has 0 aromatic rings. The van der Waals surface area contributed by atoms with E-state index in [0.29, 0.717) is 12.3 Å². The third-order valence-corrected chi connectivity index (χ3v) is 2.12. The lowest BCUT2D eigenvalue weighted by Gasteiger charge is -2.38. The summed E-state index contributed by atoms with van der Waals surface area (Å²) in [5.74, 6) is 0.358. The van der Waals surface area contributed by atoms with Crippen LogP contribution in [0.1, 0.15) is 6.42 Å². The number of ketones is 1. The van der Waals surface area contributed by atoms with Gasteiger partial charge in [-0.25, -0.2) is 0 Å². The number of nitrogens with one attached hydrogen (secondary N) is 2. The van der Waals surface area contributed by atoms with Crippen molar-refractivity contribution in [1.29, 1.82) is 0 Å². The molecule has 0 aromatic carbocycles. The number of carbonyl (C=O) groups excluding carboxylic acids is 1. The van der Waals surface area contributed by atoms with Crippen molar-refractivity contribution in [1.82, 2.24) is 10.6 Å². The number of carbonyl (C=O) groups is 1. The fraction of sp³-hybridized carbons (Fsp3) is 0.833. The van der Waals surface area contributed by atoms with E-state index in [4.69, 9.17) is 0 Å². The summed E-state index contributed by atoms with van der Waals surface area (Å²) in [6.07, 6.45) is 0.736. The molecule has 2 fully saturated rings. The lowest BCUT2D eigenvalue weighted by atomic mass is 9.91. The van der Waals surface area contributed by atoms with Crippen LogP contribution in [-0.2, 0) is 4.79 Å². The summed E-state index contributed by atoms with van der Waals surface area (Å²) >= 11 is 0. The monoisotopic (exact) mass is 126 g/mol. The van der Waals surface area contributed by atoms with E-state index in [1.165, 1.54) is 0 Å². The highest BCUT2D eigenvalue weighted by atomic mass is 16.1. The molecule has 2 heterocycles. The maximum Gasteiger partial charge on any atom is 0.148 e. The molecule has 3 heteroatoms. The van der Waals surface area contributed by atoms with Gasteiger partial charge in [0.05, 0.1) is 12.1 Å². The fourth-order valence-corrected chi connectivity index (χ4v) is 1.47. The van der Waals surface area contributed by atoms with E-state index in [1.807, 2.05) is 0 Å². The average Bonchev–Trinajstić information content (AvgIpc) is 2.09. The standard InChI is InChI=1S/C6H10N2O/c9-5-1-6(8-2-5)3-7-4-6/h7-8H,1-4H2. The van der Waals surface area contributed by atoms with Crippen LogP contribution in [0, 0.1) is 0 Å². The fourth-order valence-electron chi connectivity index (χ4n) is 1.47. The molecule has 0 atom stereocenters. The maximum absolute atomic E-state index is 10.8. The van der Waals surface area contributed by atoms with Crippen LogP contribution in [0.15, 0.2) is 0 Å². The molecule has 3 nitrogen and oxygen atoms in total. The van der Waals surface area contributed by atoms with E-state index >= 15 is 0 Å². The van der Waals surface area contributed by atoms with Crippen molar-refractivity contribution < 1.29 is 4.79 Å². The lowest BCUT2D eigenvalue weighted by Crippen LogP contribution is -2.64. The average molecular weight is 126 g/mol. The number of hydrogen-bond donors (Lipinski definition) is 2. The second-order valence-corrected chi connectivity index (χ2v) is 2.95. The Balaban J connectivity index is 2.07. The Labute approximate surface area is 53.8 Å². The van der Waals surface area contributed by atoms with Gasteiger partial charge in [0, 0.05) is 19.5 Å². The van der Waals surface area contributed by atoms with Gasteiger partial charge >= 0.3 is 0 Å². The zero-order chi connectivity index (χ0) is 6.32. The van der Waals surface area contributed by atoms with Crippen LogP contribution >= 0.6 is 0 Å². The van der Waals surface area contributed by atoms with Crippen molar-refractivity contribution in [2.24, 2.45) is 0 Å². The Hall–Kier alpha value is -0.410. The van der Waals surface area contributed by atoms with Crippen molar-refractivity contribution in [2.45, 2.75) is 12.0 Å². The summed E-state index contributed by atoms with van der Waals surface area (Å²) in [5, 5.41) is 6.36. The molecular weight excluding hydrogens is 116 g/mol. The summed E-state index contributed by atoms with van der Waals surface area (Å²) in [7, 11) is 0. The second kappa shape index (κ2) is 1.55. The smallest absolute Gasteiger partial charge is 0.148 e. The van der Waals surface area contributed by atoms with Crippen molar-refractivity contribution >= 4 is 5.78 Å². The van der Waals surface area contributed by atoms with Gasteiger partial charge in [0.25, 0.3) is 0 Å². The lowest BCUT2D eigenvalue weighted by molar-refractivity contribution is -0.116. The molecule has 2 rings (SSSR count). The summed E-state index contributed by atoms with van der Waals surface area (Å²) in [6.45, 7) is 2.53. The Morgan fingerprint density at radius 3 is 2.44 bits per heavy atom. The highest BCUT2D eigenvalue weighted by Crippen LogP contribution is 2.20. The third-order valence-electron chi connectivity index (χ3n) is 2.12. The molecule has 2 N–H and O–H groups in total. The van der Waals surface area contributed by atoms with E-state index in [2.05, 4.69) is 10.6 Å². The van der Waals surface area contributed by atoms with Crippen LogP contribution < -0.4 is 10.6 Å². The van der Waals surface area contributed by atoms with Crippen LogP contribution in [0.3, 0.4) is 0 Å². The predicted molar refractivity (Wildman–Crippen MR) is 33.2 cm³/mol. The number of Topliss-reactive ketones (excluding diaryl/α,β-unsaturated/α-hetero) is 1. The Kier molecular flexibility index (Phi) is 0.926. The van der Waals surface area contributed by atoms with Gasteiger partial charge < -0.3 is 10.6 Å². The number of rotatable bonds is 0. The van der Waals surface area contributed by atoms with Crippen LogP contribution in [0.2, 0.25) is 0 Å². The van der Waals surface area contributed by atoms with Gasteiger partial charge in [0.2, 0.25) is 0 Å².